The summed E-state index contributed by atoms with van der Waals surface area (Å²) in [5, 5.41) is 20.0. The van der Waals surface area contributed by atoms with Crippen molar-refractivity contribution in [2.75, 3.05) is 0 Å². The molecule has 0 saturated heterocycles. The van der Waals surface area contributed by atoms with Crippen LogP contribution in [0.15, 0.2) is 58.6 Å². The van der Waals surface area contributed by atoms with Crippen LogP contribution in [0.3, 0.4) is 0 Å². The number of thioether (sulfide) groups is 2. The molecule has 3 aromatic rings. The van der Waals surface area contributed by atoms with Gasteiger partial charge in [0.15, 0.2) is 0 Å². The van der Waals surface area contributed by atoms with Crippen LogP contribution >= 0.6 is 23.5 Å². The third-order valence-corrected chi connectivity index (χ3v) is 6.14. The van der Waals surface area contributed by atoms with Crippen molar-refractivity contribution in [3.63, 3.8) is 0 Å². The van der Waals surface area contributed by atoms with E-state index < -0.39 is 0 Å². The van der Waals surface area contributed by atoms with Gasteiger partial charge in [-0.15, -0.1) is 23.5 Å². The van der Waals surface area contributed by atoms with Gasteiger partial charge in [0.25, 0.3) is 0 Å². The molecule has 0 radical (unpaired) electrons. The smallest absolute Gasteiger partial charge is 0.114 e. The molecule has 2 aromatic heterocycles. The van der Waals surface area contributed by atoms with Crippen molar-refractivity contribution in [1.82, 2.24) is 9.97 Å². The molecule has 0 bridgehead atoms. The Morgan fingerprint density at radius 2 is 1.07 bits per heavy atom. The molecule has 28 heavy (non-hydrogen) atoms. The van der Waals surface area contributed by atoms with Gasteiger partial charge in [0.1, 0.15) is 22.2 Å². The second kappa shape index (κ2) is 9.41. The van der Waals surface area contributed by atoms with E-state index >= 15 is 0 Å². The summed E-state index contributed by atoms with van der Waals surface area (Å²) >= 11 is 3.15. The summed E-state index contributed by atoms with van der Waals surface area (Å²) in [5.74, 6) is 1.52. The third-order valence-electron chi connectivity index (χ3n) is 4.01. The van der Waals surface area contributed by atoms with E-state index in [2.05, 4.69) is 46.4 Å². The van der Waals surface area contributed by atoms with E-state index in [0.29, 0.717) is 11.1 Å². The van der Waals surface area contributed by atoms with Crippen molar-refractivity contribution in [1.29, 1.82) is 10.5 Å². The number of aromatic nitrogens is 2. The van der Waals surface area contributed by atoms with E-state index in [9.17, 15) is 10.5 Å². The molecule has 2 heterocycles. The standard InChI is InChI=1S/C22H18N4S2/c1-15-3-9-19(11-23)21(25-15)27-13-17-5-7-18(8-6-17)14-28-22-20(12-24)10-4-16(2)26-22/h3-10H,13-14H2,1-2H3. The molecule has 4 nitrogen and oxygen atoms in total. The van der Waals surface area contributed by atoms with E-state index in [1.165, 1.54) is 11.1 Å². The summed E-state index contributed by atoms with van der Waals surface area (Å²) in [4.78, 5) is 8.93. The van der Waals surface area contributed by atoms with E-state index in [1.54, 1.807) is 23.5 Å². The molecule has 0 spiro atoms. The van der Waals surface area contributed by atoms with Crippen LogP contribution in [0.25, 0.3) is 0 Å². The zero-order chi connectivity index (χ0) is 19.9. The molecule has 1 aromatic carbocycles. The first-order valence-electron chi connectivity index (χ1n) is 8.68. The molecule has 0 aliphatic rings. The first kappa shape index (κ1) is 19.9. The number of pyridine rings is 2. The summed E-state index contributed by atoms with van der Waals surface area (Å²) in [5.41, 5.74) is 5.41. The Balaban J connectivity index is 1.62. The van der Waals surface area contributed by atoms with Crippen LogP contribution in [-0.2, 0) is 11.5 Å². The Hall–Kier alpha value is -2.80. The second-order valence-electron chi connectivity index (χ2n) is 6.23. The number of nitriles is 2. The maximum Gasteiger partial charge on any atom is 0.114 e. The maximum absolute atomic E-state index is 9.22. The van der Waals surface area contributed by atoms with Gasteiger partial charge in [-0.3, -0.25) is 0 Å². The van der Waals surface area contributed by atoms with Crippen molar-refractivity contribution < 1.29 is 0 Å². The van der Waals surface area contributed by atoms with Crippen LogP contribution in [-0.4, -0.2) is 9.97 Å². The highest BCUT2D eigenvalue weighted by Gasteiger charge is 2.07. The van der Waals surface area contributed by atoms with Crippen LogP contribution < -0.4 is 0 Å². The first-order valence-corrected chi connectivity index (χ1v) is 10.6. The lowest BCUT2D eigenvalue weighted by Crippen LogP contribution is -1.92. The highest BCUT2D eigenvalue weighted by atomic mass is 32.2. The number of hydrogen-bond acceptors (Lipinski definition) is 6. The number of hydrogen-bond donors (Lipinski definition) is 0. The zero-order valence-electron chi connectivity index (χ0n) is 15.6. The summed E-state index contributed by atoms with van der Waals surface area (Å²) in [6.45, 7) is 3.86. The average Bonchev–Trinajstić information content (AvgIpc) is 2.71. The van der Waals surface area contributed by atoms with Crippen molar-refractivity contribution in [2.45, 2.75) is 35.4 Å². The van der Waals surface area contributed by atoms with Gasteiger partial charge >= 0.3 is 0 Å². The van der Waals surface area contributed by atoms with Gasteiger partial charge in [-0.2, -0.15) is 10.5 Å². The van der Waals surface area contributed by atoms with Crippen molar-refractivity contribution in [3.8, 4) is 12.1 Å². The summed E-state index contributed by atoms with van der Waals surface area (Å²) in [6, 6.07) is 20.1. The Labute approximate surface area is 173 Å². The fourth-order valence-corrected chi connectivity index (χ4v) is 4.44. The molecule has 6 heteroatoms. The van der Waals surface area contributed by atoms with Crippen LogP contribution in [0.2, 0.25) is 0 Å². The summed E-state index contributed by atoms with van der Waals surface area (Å²) < 4.78 is 0. The van der Waals surface area contributed by atoms with E-state index in [4.69, 9.17) is 0 Å². The van der Waals surface area contributed by atoms with Crippen molar-refractivity contribution in [2.24, 2.45) is 0 Å². The average molecular weight is 403 g/mol. The molecule has 0 fully saturated rings. The normalized spacial score (nSPS) is 10.3. The fraction of sp³-hybridized carbons (Fsp3) is 0.182. The Morgan fingerprint density at radius 3 is 1.43 bits per heavy atom. The van der Waals surface area contributed by atoms with E-state index in [-0.39, 0.29) is 0 Å². The molecule has 0 N–H and O–H groups in total. The largest absolute Gasteiger partial charge is 0.245 e. The predicted molar refractivity (Wildman–Crippen MR) is 113 cm³/mol. The van der Waals surface area contributed by atoms with Gasteiger partial charge in [-0.05, 0) is 49.2 Å². The van der Waals surface area contributed by atoms with Gasteiger partial charge in [0, 0.05) is 22.9 Å². The van der Waals surface area contributed by atoms with Crippen LogP contribution in [0.5, 0.6) is 0 Å². The number of rotatable bonds is 6. The lowest BCUT2D eigenvalue weighted by Gasteiger charge is -2.07. The maximum atomic E-state index is 9.22. The van der Waals surface area contributed by atoms with Gasteiger partial charge < -0.3 is 0 Å². The zero-order valence-corrected chi connectivity index (χ0v) is 17.3. The minimum Gasteiger partial charge on any atom is -0.245 e. The number of nitrogens with zero attached hydrogens (tertiary/aromatic N) is 4. The van der Waals surface area contributed by atoms with Gasteiger partial charge in [0.2, 0.25) is 0 Å². The van der Waals surface area contributed by atoms with E-state index in [1.807, 2.05) is 38.1 Å². The van der Waals surface area contributed by atoms with Gasteiger partial charge in [-0.1, -0.05) is 24.3 Å². The van der Waals surface area contributed by atoms with Gasteiger partial charge in [0.05, 0.1) is 11.1 Å². The summed E-state index contributed by atoms with van der Waals surface area (Å²) in [7, 11) is 0. The summed E-state index contributed by atoms with van der Waals surface area (Å²) in [6.07, 6.45) is 0. The van der Waals surface area contributed by atoms with E-state index in [0.717, 1.165) is 32.9 Å². The molecule has 0 amide bonds. The molecule has 0 unspecified atom stereocenters. The Kier molecular flexibility index (Phi) is 6.71. The van der Waals surface area contributed by atoms with Crippen molar-refractivity contribution in [3.05, 3.63) is 82.2 Å². The van der Waals surface area contributed by atoms with Crippen LogP contribution in [0.1, 0.15) is 33.6 Å². The quantitative estimate of drug-likeness (QED) is 0.513. The Bertz CT molecular complexity index is 977. The highest BCUT2D eigenvalue weighted by Crippen LogP contribution is 2.27. The van der Waals surface area contributed by atoms with Crippen LogP contribution in [0.4, 0.5) is 0 Å². The van der Waals surface area contributed by atoms with Crippen molar-refractivity contribution >= 4 is 23.5 Å². The lowest BCUT2D eigenvalue weighted by atomic mass is 10.2. The highest BCUT2D eigenvalue weighted by molar-refractivity contribution is 7.98. The molecular weight excluding hydrogens is 384 g/mol. The molecule has 0 atom stereocenters. The lowest BCUT2D eigenvalue weighted by molar-refractivity contribution is 1.05. The minimum absolute atomic E-state index is 0.613. The second-order valence-corrected chi connectivity index (χ2v) is 8.16. The third kappa shape index (κ3) is 5.13. The predicted octanol–water partition coefficient (Wildman–Crippen LogP) is 5.42. The first-order chi connectivity index (χ1) is 13.6. The SMILES string of the molecule is Cc1ccc(C#N)c(SCc2ccc(CSc3nc(C)ccc3C#N)cc2)n1. The molecule has 138 valence electrons. The number of benzene rings is 1. The Morgan fingerprint density at radius 1 is 0.679 bits per heavy atom. The van der Waals surface area contributed by atoms with Gasteiger partial charge in [-0.25, -0.2) is 9.97 Å². The monoisotopic (exact) mass is 402 g/mol. The fourth-order valence-electron chi connectivity index (χ4n) is 2.49. The molecular formula is C22H18N4S2. The molecule has 3 rings (SSSR count). The molecule has 0 aliphatic carbocycles. The molecule has 0 saturated carbocycles. The van der Waals surface area contributed by atoms with Crippen LogP contribution in [0, 0.1) is 36.5 Å². The molecule has 0 aliphatic heterocycles. The topological polar surface area (TPSA) is 73.4 Å². The number of aryl methyl sites for hydroxylation is 2. The minimum atomic E-state index is 0.613.